The van der Waals surface area contributed by atoms with Gasteiger partial charge in [0.25, 0.3) is 0 Å². The van der Waals surface area contributed by atoms with Gasteiger partial charge in [0, 0.05) is 19.3 Å². The number of nitrogens with two attached hydrogens (primary N) is 1. The lowest BCUT2D eigenvalue weighted by Crippen LogP contribution is -2.41. The van der Waals surface area contributed by atoms with Gasteiger partial charge in [-0.15, -0.1) is 0 Å². The number of hydrogen-bond acceptors (Lipinski definition) is 3. The lowest BCUT2D eigenvalue weighted by atomic mass is 9.94. The Bertz CT molecular complexity index is 325. The SMILES string of the molecule is CCC1CCCN(C(CN)c2ccccn2)C1. The summed E-state index contributed by atoms with van der Waals surface area (Å²) < 4.78 is 0. The Labute approximate surface area is 104 Å². The Morgan fingerprint density at radius 1 is 1.53 bits per heavy atom. The first kappa shape index (κ1) is 12.5. The zero-order valence-electron chi connectivity index (χ0n) is 10.7. The predicted molar refractivity (Wildman–Crippen MR) is 70.6 cm³/mol. The van der Waals surface area contributed by atoms with Crippen LogP contribution in [0.2, 0.25) is 0 Å². The second-order valence-corrected chi connectivity index (χ2v) is 4.92. The van der Waals surface area contributed by atoms with Crippen molar-refractivity contribution in [1.82, 2.24) is 9.88 Å². The van der Waals surface area contributed by atoms with Crippen molar-refractivity contribution in [2.75, 3.05) is 19.6 Å². The summed E-state index contributed by atoms with van der Waals surface area (Å²) in [6.07, 6.45) is 5.80. The molecule has 2 heterocycles. The minimum Gasteiger partial charge on any atom is -0.329 e. The second-order valence-electron chi connectivity index (χ2n) is 4.92. The molecule has 1 aromatic heterocycles. The van der Waals surface area contributed by atoms with E-state index in [1.54, 1.807) is 0 Å². The van der Waals surface area contributed by atoms with E-state index in [1.165, 1.54) is 25.8 Å². The van der Waals surface area contributed by atoms with Crippen LogP contribution in [0.1, 0.15) is 37.9 Å². The van der Waals surface area contributed by atoms with Crippen molar-refractivity contribution in [1.29, 1.82) is 0 Å². The highest BCUT2D eigenvalue weighted by molar-refractivity contribution is 5.09. The minimum atomic E-state index is 0.297. The van der Waals surface area contributed by atoms with Crippen molar-refractivity contribution in [2.24, 2.45) is 11.7 Å². The molecule has 0 spiro atoms. The van der Waals surface area contributed by atoms with Crippen molar-refractivity contribution in [2.45, 2.75) is 32.2 Å². The van der Waals surface area contributed by atoms with Crippen LogP contribution in [0.25, 0.3) is 0 Å². The van der Waals surface area contributed by atoms with Crippen LogP contribution < -0.4 is 5.73 Å². The third-order valence-corrected chi connectivity index (χ3v) is 3.82. The Morgan fingerprint density at radius 2 is 2.41 bits per heavy atom. The van der Waals surface area contributed by atoms with Crippen molar-refractivity contribution < 1.29 is 0 Å². The standard InChI is InChI=1S/C14H23N3/c1-2-12-6-5-9-17(11-12)14(10-15)13-7-3-4-8-16-13/h3-4,7-8,12,14H,2,5-6,9-11,15H2,1H3. The van der Waals surface area contributed by atoms with Gasteiger partial charge in [-0.2, -0.15) is 0 Å². The number of hydrogen-bond donors (Lipinski definition) is 1. The molecule has 0 aliphatic carbocycles. The van der Waals surface area contributed by atoms with Gasteiger partial charge in [-0.1, -0.05) is 19.4 Å². The number of likely N-dealkylation sites (tertiary alicyclic amines) is 1. The maximum Gasteiger partial charge on any atom is 0.0644 e. The van der Waals surface area contributed by atoms with Gasteiger partial charge < -0.3 is 5.73 Å². The summed E-state index contributed by atoms with van der Waals surface area (Å²) in [7, 11) is 0. The van der Waals surface area contributed by atoms with Crippen LogP contribution in [0.4, 0.5) is 0 Å². The summed E-state index contributed by atoms with van der Waals surface area (Å²) in [6.45, 7) is 5.28. The summed E-state index contributed by atoms with van der Waals surface area (Å²) >= 11 is 0. The van der Waals surface area contributed by atoms with E-state index in [0.29, 0.717) is 12.6 Å². The van der Waals surface area contributed by atoms with Gasteiger partial charge in [0.1, 0.15) is 0 Å². The third kappa shape index (κ3) is 3.05. The lowest BCUT2D eigenvalue weighted by Gasteiger charge is -2.37. The van der Waals surface area contributed by atoms with Crippen LogP contribution in [-0.4, -0.2) is 29.5 Å². The normalized spacial score (nSPS) is 23.5. The van der Waals surface area contributed by atoms with E-state index >= 15 is 0 Å². The molecule has 1 aromatic rings. The summed E-state index contributed by atoms with van der Waals surface area (Å²) in [6, 6.07) is 6.40. The molecular formula is C14H23N3. The van der Waals surface area contributed by atoms with E-state index in [9.17, 15) is 0 Å². The monoisotopic (exact) mass is 233 g/mol. The average molecular weight is 233 g/mol. The predicted octanol–water partition coefficient (Wildman–Crippen LogP) is 2.20. The van der Waals surface area contributed by atoms with E-state index in [4.69, 9.17) is 5.73 Å². The summed E-state index contributed by atoms with van der Waals surface area (Å²) in [5.41, 5.74) is 7.06. The first-order valence-corrected chi connectivity index (χ1v) is 6.70. The molecule has 94 valence electrons. The van der Waals surface area contributed by atoms with E-state index in [-0.39, 0.29) is 0 Å². The first-order valence-electron chi connectivity index (χ1n) is 6.70. The van der Waals surface area contributed by atoms with Crippen molar-refractivity contribution in [3.63, 3.8) is 0 Å². The highest BCUT2D eigenvalue weighted by Crippen LogP contribution is 2.26. The number of nitrogens with zero attached hydrogens (tertiary/aromatic N) is 2. The number of rotatable bonds is 4. The van der Waals surface area contributed by atoms with E-state index in [2.05, 4.69) is 22.9 Å². The molecule has 1 saturated heterocycles. The van der Waals surface area contributed by atoms with Crippen LogP contribution >= 0.6 is 0 Å². The quantitative estimate of drug-likeness (QED) is 0.867. The van der Waals surface area contributed by atoms with Gasteiger partial charge in [-0.05, 0) is 37.4 Å². The lowest BCUT2D eigenvalue weighted by molar-refractivity contribution is 0.122. The molecule has 1 fully saturated rings. The average Bonchev–Trinajstić information content (AvgIpc) is 2.41. The van der Waals surface area contributed by atoms with Crippen LogP contribution in [0.15, 0.2) is 24.4 Å². The molecule has 2 unspecified atom stereocenters. The molecule has 0 aromatic carbocycles. The Morgan fingerprint density at radius 3 is 3.06 bits per heavy atom. The fourth-order valence-corrected chi connectivity index (χ4v) is 2.74. The van der Waals surface area contributed by atoms with Crippen LogP contribution in [0.3, 0.4) is 0 Å². The summed E-state index contributed by atoms with van der Waals surface area (Å²) in [5.74, 6) is 0.835. The Kier molecular flexibility index (Phi) is 4.51. The molecule has 1 aliphatic rings. The van der Waals surface area contributed by atoms with E-state index in [0.717, 1.165) is 18.2 Å². The van der Waals surface area contributed by atoms with Gasteiger partial charge in [0.2, 0.25) is 0 Å². The molecule has 0 bridgehead atoms. The van der Waals surface area contributed by atoms with Gasteiger partial charge in [-0.3, -0.25) is 9.88 Å². The molecule has 1 aliphatic heterocycles. The molecular weight excluding hydrogens is 210 g/mol. The Hall–Kier alpha value is -0.930. The topological polar surface area (TPSA) is 42.1 Å². The van der Waals surface area contributed by atoms with Crippen molar-refractivity contribution in [3.8, 4) is 0 Å². The second kappa shape index (κ2) is 6.12. The molecule has 0 amide bonds. The van der Waals surface area contributed by atoms with Gasteiger partial charge in [0.15, 0.2) is 0 Å². The molecule has 0 saturated carbocycles. The van der Waals surface area contributed by atoms with E-state index in [1.807, 2.05) is 18.3 Å². The fourth-order valence-electron chi connectivity index (χ4n) is 2.74. The Balaban J connectivity index is 2.08. The van der Waals surface area contributed by atoms with Crippen molar-refractivity contribution >= 4 is 0 Å². The zero-order valence-corrected chi connectivity index (χ0v) is 10.7. The highest BCUT2D eigenvalue weighted by atomic mass is 15.2. The fraction of sp³-hybridized carbons (Fsp3) is 0.643. The molecule has 2 atom stereocenters. The molecule has 3 heteroatoms. The summed E-state index contributed by atoms with van der Waals surface area (Å²) in [5, 5.41) is 0. The maximum absolute atomic E-state index is 5.94. The molecule has 3 nitrogen and oxygen atoms in total. The number of aromatic nitrogens is 1. The maximum atomic E-state index is 5.94. The summed E-state index contributed by atoms with van der Waals surface area (Å²) in [4.78, 5) is 6.97. The van der Waals surface area contributed by atoms with E-state index < -0.39 is 0 Å². The highest BCUT2D eigenvalue weighted by Gasteiger charge is 2.25. The molecule has 0 radical (unpaired) electrons. The number of piperidine rings is 1. The van der Waals surface area contributed by atoms with Crippen molar-refractivity contribution in [3.05, 3.63) is 30.1 Å². The molecule has 2 N–H and O–H groups in total. The first-order chi connectivity index (χ1) is 8.35. The van der Waals surface area contributed by atoms with Crippen LogP contribution in [-0.2, 0) is 0 Å². The number of pyridine rings is 1. The zero-order chi connectivity index (χ0) is 12.1. The van der Waals surface area contributed by atoms with Gasteiger partial charge >= 0.3 is 0 Å². The largest absolute Gasteiger partial charge is 0.329 e. The minimum absolute atomic E-state index is 0.297. The van der Waals surface area contributed by atoms with Crippen LogP contribution in [0, 0.1) is 5.92 Å². The molecule has 17 heavy (non-hydrogen) atoms. The smallest absolute Gasteiger partial charge is 0.0644 e. The van der Waals surface area contributed by atoms with Gasteiger partial charge in [-0.25, -0.2) is 0 Å². The van der Waals surface area contributed by atoms with Crippen LogP contribution in [0.5, 0.6) is 0 Å². The molecule has 2 rings (SSSR count). The van der Waals surface area contributed by atoms with Gasteiger partial charge in [0.05, 0.1) is 11.7 Å². The third-order valence-electron chi connectivity index (χ3n) is 3.82.